The summed E-state index contributed by atoms with van der Waals surface area (Å²) in [5.41, 5.74) is 6.42. The number of rotatable bonds is 6. The van der Waals surface area contributed by atoms with Gasteiger partial charge in [-0.3, -0.25) is 0 Å². The number of esters is 1. The van der Waals surface area contributed by atoms with Crippen LogP contribution in [0.1, 0.15) is 24.2 Å². The predicted octanol–water partition coefficient (Wildman–Crippen LogP) is 1.86. The van der Waals surface area contributed by atoms with E-state index in [1.54, 1.807) is 32.2 Å². The van der Waals surface area contributed by atoms with E-state index in [0.29, 0.717) is 30.2 Å². The molecule has 100 valence electrons. The predicted molar refractivity (Wildman–Crippen MR) is 68.8 cm³/mol. The van der Waals surface area contributed by atoms with Crippen LogP contribution in [-0.4, -0.2) is 32.4 Å². The third kappa shape index (κ3) is 3.92. The van der Waals surface area contributed by atoms with E-state index in [1.165, 1.54) is 0 Å². The lowest BCUT2D eigenvalue weighted by Crippen LogP contribution is -2.18. The van der Waals surface area contributed by atoms with Crippen LogP contribution in [0, 0.1) is 0 Å². The minimum atomic E-state index is -0.445. The molecular formula is C13H19NO4. The molecule has 1 unspecified atom stereocenters. The van der Waals surface area contributed by atoms with Crippen molar-refractivity contribution < 1.29 is 19.0 Å². The van der Waals surface area contributed by atoms with Crippen LogP contribution in [0.15, 0.2) is 18.2 Å². The summed E-state index contributed by atoms with van der Waals surface area (Å²) in [5.74, 6) is 0.122. The SMILES string of the molecule is CCOC(=O)c1cc(OC(C)COC)ccc1N. The summed E-state index contributed by atoms with van der Waals surface area (Å²) in [5, 5.41) is 0. The van der Waals surface area contributed by atoms with Crippen LogP contribution in [0.4, 0.5) is 5.69 Å². The summed E-state index contributed by atoms with van der Waals surface area (Å²) < 4.78 is 15.5. The molecule has 0 radical (unpaired) electrons. The molecule has 0 aromatic heterocycles. The van der Waals surface area contributed by atoms with Crippen molar-refractivity contribution in [2.45, 2.75) is 20.0 Å². The Balaban J connectivity index is 2.83. The van der Waals surface area contributed by atoms with Crippen molar-refractivity contribution in [1.82, 2.24) is 0 Å². The molecule has 5 nitrogen and oxygen atoms in total. The van der Waals surface area contributed by atoms with Crippen LogP contribution < -0.4 is 10.5 Å². The van der Waals surface area contributed by atoms with Gasteiger partial charge in [0.05, 0.1) is 18.8 Å². The van der Waals surface area contributed by atoms with Crippen molar-refractivity contribution in [2.24, 2.45) is 0 Å². The molecule has 0 aliphatic heterocycles. The third-order valence-corrected chi connectivity index (χ3v) is 2.26. The van der Waals surface area contributed by atoms with Gasteiger partial charge in [0.1, 0.15) is 11.9 Å². The molecule has 1 aromatic rings. The Morgan fingerprint density at radius 3 is 2.78 bits per heavy atom. The second kappa shape index (κ2) is 6.86. The van der Waals surface area contributed by atoms with Crippen molar-refractivity contribution >= 4 is 11.7 Å². The third-order valence-electron chi connectivity index (χ3n) is 2.26. The number of nitrogen functional groups attached to an aromatic ring is 1. The van der Waals surface area contributed by atoms with Crippen molar-refractivity contribution in [3.05, 3.63) is 23.8 Å². The first-order valence-electron chi connectivity index (χ1n) is 5.80. The van der Waals surface area contributed by atoms with Gasteiger partial charge in [-0.25, -0.2) is 4.79 Å². The largest absolute Gasteiger partial charge is 0.488 e. The number of carbonyl (C=O) groups is 1. The highest BCUT2D eigenvalue weighted by Crippen LogP contribution is 2.21. The van der Waals surface area contributed by atoms with Crippen LogP contribution in [-0.2, 0) is 9.47 Å². The van der Waals surface area contributed by atoms with Gasteiger partial charge in [0.2, 0.25) is 0 Å². The Morgan fingerprint density at radius 2 is 2.17 bits per heavy atom. The molecule has 0 amide bonds. The van der Waals surface area contributed by atoms with E-state index in [9.17, 15) is 4.79 Å². The molecular weight excluding hydrogens is 234 g/mol. The second-order valence-electron chi connectivity index (χ2n) is 3.85. The zero-order chi connectivity index (χ0) is 13.5. The van der Waals surface area contributed by atoms with Crippen molar-refractivity contribution in [2.75, 3.05) is 26.1 Å². The van der Waals surface area contributed by atoms with E-state index in [2.05, 4.69) is 0 Å². The average molecular weight is 253 g/mol. The fourth-order valence-electron chi connectivity index (χ4n) is 1.50. The summed E-state index contributed by atoms with van der Waals surface area (Å²) in [4.78, 5) is 11.6. The standard InChI is InChI=1S/C13H19NO4/c1-4-17-13(15)11-7-10(5-6-12(11)14)18-9(2)8-16-3/h5-7,9H,4,8,14H2,1-3H3. The van der Waals surface area contributed by atoms with Crippen LogP contribution in [0.3, 0.4) is 0 Å². The zero-order valence-electron chi connectivity index (χ0n) is 10.9. The normalized spacial score (nSPS) is 11.9. The summed E-state index contributed by atoms with van der Waals surface area (Å²) >= 11 is 0. The number of anilines is 1. The molecule has 0 bridgehead atoms. The molecule has 1 aromatic carbocycles. The van der Waals surface area contributed by atoms with Crippen LogP contribution in [0.5, 0.6) is 5.75 Å². The Morgan fingerprint density at radius 1 is 1.44 bits per heavy atom. The van der Waals surface area contributed by atoms with Crippen molar-refractivity contribution in [3.8, 4) is 5.75 Å². The van der Waals surface area contributed by atoms with Gasteiger partial charge in [0, 0.05) is 12.8 Å². The molecule has 2 N–H and O–H groups in total. The fraction of sp³-hybridized carbons (Fsp3) is 0.462. The Labute approximate surface area is 107 Å². The molecule has 0 saturated carbocycles. The van der Waals surface area contributed by atoms with Gasteiger partial charge in [0.25, 0.3) is 0 Å². The Kier molecular flexibility index (Phi) is 5.45. The van der Waals surface area contributed by atoms with Gasteiger partial charge in [-0.2, -0.15) is 0 Å². The van der Waals surface area contributed by atoms with Crippen LogP contribution >= 0.6 is 0 Å². The molecule has 0 aliphatic carbocycles. The zero-order valence-corrected chi connectivity index (χ0v) is 10.9. The van der Waals surface area contributed by atoms with Crippen LogP contribution in [0.25, 0.3) is 0 Å². The first kappa shape index (κ1) is 14.3. The second-order valence-corrected chi connectivity index (χ2v) is 3.85. The highest BCUT2D eigenvalue weighted by atomic mass is 16.5. The highest BCUT2D eigenvalue weighted by molar-refractivity contribution is 5.95. The Bertz CT molecular complexity index is 406. The number of benzene rings is 1. The molecule has 18 heavy (non-hydrogen) atoms. The van der Waals surface area contributed by atoms with Crippen molar-refractivity contribution in [1.29, 1.82) is 0 Å². The quantitative estimate of drug-likeness (QED) is 0.619. The lowest BCUT2D eigenvalue weighted by atomic mass is 10.1. The van der Waals surface area contributed by atoms with Gasteiger partial charge in [0.15, 0.2) is 0 Å². The lowest BCUT2D eigenvalue weighted by molar-refractivity contribution is 0.0526. The number of carbonyl (C=O) groups excluding carboxylic acids is 1. The molecule has 0 saturated heterocycles. The van der Waals surface area contributed by atoms with E-state index >= 15 is 0 Å². The van der Waals surface area contributed by atoms with E-state index in [4.69, 9.17) is 19.9 Å². The van der Waals surface area contributed by atoms with Gasteiger partial charge >= 0.3 is 5.97 Å². The van der Waals surface area contributed by atoms with E-state index < -0.39 is 5.97 Å². The van der Waals surface area contributed by atoms with Gasteiger partial charge in [-0.15, -0.1) is 0 Å². The summed E-state index contributed by atoms with van der Waals surface area (Å²) in [6, 6.07) is 4.92. The van der Waals surface area contributed by atoms with Crippen molar-refractivity contribution in [3.63, 3.8) is 0 Å². The number of ether oxygens (including phenoxy) is 3. The summed E-state index contributed by atoms with van der Waals surface area (Å²) in [7, 11) is 1.60. The molecule has 0 spiro atoms. The number of hydrogen-bond acceptors (Lipinski definition) is 5. The maximum atomic E-state index is 11.6. The molecule has 0 fully saturated rings. The maximum absolute atomic E-state index is 11.6. The summed E-state index contributed by atoms with van der Waals surface area (Å²) in [6.45, 7) is 4.40. The number of methoxy groups -OCH3 is 1. The number of hydrogen-bond donors (Lipinski definition) is 1. The summed E-state index contributed by atoms with van der Waals surface area (Å²) in [6.07, 6.45) is -0.103. The first-order valence-corrected chi connectivity index (χ1v) is 5.80. The van der Waals surface area contributed by atoms with Gasteiger partial charge in [-0.1, -0.05) is 0 Å². The van der Waals surface area contributed by atoms with E-state index in [-0.39, 0.29) is 6.10 Å². The first-order chi connectivity index (χ1) is 8.58. The number of nitrogens with two attached hydrogens (primary N) is 1. The highest BCUT2D eigenvalue weighted by Gasteiger charge is 2.13. The van der Waals surface area contributed by atoms with Gasteiger partial charge in [-0.05, 0) is 32.0 Å². The fourth-order valence-corrected chi connectivity index (χ4v) is 1.50. The average Bonchev–Trinajstić information content (AvgIpc) is 2.32. The smallest absolute Gasteiger partial charge is 0.340 e. The minimum Gasteiger partial charge on any atom is -0.488 e. The minimum absolute atomic E-state index is 0.103. The maximum Gasteiger partial charge on any atom is 0.340 e. The molecule has 1 rings (SSSR count). The lowest BCUT2D eigenvalue weighted by Gasteiger charge is -2.15. The van der Waals surface area contributed by atoms with E-state index in [1.807, 2.05) is 6.92 Å². The van der Waals surface area contributed by atoms with Crippen LogP contribution in [0.2, 0.25) is 0 Å². The van der Waals surface area contributed by atoms with Gasteiger partial charge < -0.3 is 19.9 Å². The Hall–Kier alpha value is -1.75. The van der Waals surface area contributed by atoms with E-state index in [0.717, 1.165) is 0 Å². The molecule has 5 heteroatoms. The molecule has 0 heterocycles. The monoisotopic (exact) mass is 253 g/mol. The molecule has 0 aliphatic rings. The topological polar surface area (TPSA) is 70.8 Å². The molecule has 1 atom stereocenters.